The third-order valence-electron chi connectivity index (χ3n) is 4.86. The average molecular weight is 390 g/mol. The van der Waals surface area contributed by atoms with Crippen molar-refractivity contribution in [3.63, 3.8) is 0 Å². The van der Waals surface area contributed by atoms with Crippen LogP contribution in [0, 0.1) is 5.92 Å². The predicted octanol–water partition coefficient (Wildman–Crippen LogP) is 2.82. The third kappa shape index (κ3) is 6.42. The maximum Gasteiger partial charge on any atom is 0.227 e. The van der Waals surface area contributed by atoms with Gasteiger partial charge in [-0.25, -0.2) is 0 Å². The summed E-state index contributed by atoms with van der Waals surface area (Å²) >= 11 is 0. The van der Waals surface area contributed by atoms with Crippen LogP contribution < -0.4 is 11.1 Å². The molecule has 7 heteroatoms. The van der Waals surface area contributed by atoms with E-state index in [-0.39, 0.29) is 42.7 Å². The number of carbonyl (C=O) groups is 1. The van der Waals surface area contributed by atoms with E-state index in [2.05, 4.69) is 16.3 Å². The Morgan fingerprint density at radius 1 is 1.20 bits per heavy atom. The van der Waals surface area contributed by atoms with Crippen LogP contribution in [0.2, 0.25) is 0 Å². The molecule has 2 unspecified atom stereocenters. The minimum absolute atomic E-state index is 0. The molecule has 3 N–H and O–H groups in total. The first-order valence-electron chi connectivity index (χ1n) is 8.67. The van der Waals surface area contributed by atoms with Crippen molar-refractivity contribution in [1.29, 1.82) is 0 Å². The molecule has 1 aromatic rings. The zero-order valence-corrected chi connectivity index (χ0v) is 16.1. The Labute approximate surface area is 162 Å². The van der Waals surface area contributed by atoms with Crippen molar-refractivity contribution in [2.45, 2.75) is 38.3 Å². The fraction of sp³-hybridized carbons (Fsp3) is 0.611. The van der Waals surface area contributed by atoms with Gasteiger partial charge in [-0.2, -0.15) is 0 Å². The second-order valence-corrected chi connectivity index (χ2v) is 6.66. The monoisotopic (exact) mass is 389 g/mol. The summed E-state index contributed by atoms with van der Waals surface area (Å²) in [4.78, 5) is 14.9. The smallest absolute Gasteiger partial charge is 0.227 e. The van der Waals surface area contributed by atoms with Crippen LogP contribution in [0.15, 0.2) is 24.3 Å². The molecule has 2 fully saturated rings. The van der Waals surface area contributed by atoms with E-state index in [1.54, 1.807) is 0 Å². The quantitative estimate of drug-likeness (QED) is 0.830. The summed E-state index contributed by atoms with van der Waals surface area (Å²) in [5, 5.41) is 3.14. The number of benzene rings is 1. The maximum absolute atomic E-state index is 12.6. The van der Waals surface area contributed by atoms with Crippen LogP contribution in [0.5, 0.6) is 0 Å². The SMILES string of the molecule is Cl.Cl.NC1CCCC(C(=O)Nc2ccccc2CN2CCOCC2)C1. The molecular formula is C18H29Cl2N3O2. The summed E-state index contributed by atoms with van der Waals surface area (Å²) in [6, 6.07) is 8.27. The minimum Gasteiger partial charge on any atom is -0.379 e. The van der Waals surface area contributed by atoms with Crippen LogP contribution in [0.1, 0.15) is 31.2 Å². The van der Waals surface area contributed by atoms with Gasteiger partial charge in [0.15, 0.2) is 0 Å². The Hall–Kier alpha value is -0.850. The van der Waals surface area contributed by atoms with E-state index in [1.807, 2.05) is 18.2 Å². The zero-order chi connectivity index (χ0) is 16.1. The van der Waals surface area contributed by atoms with E-state index in [9.17, 15) is 4.79 Å². The van der Waals surface area contributed by atoms with Crippen LogP contribution in [-0.4, -0.2) is 43.2 Å². The number of hydrogen-bond acceptors (Lipinski definition) is 4. The van der Waals surface area contributed by atoms with Crippen molar-refractivity contribution < 1.29 is 9.53 Å². The normalized spacial score (nSPS) is 23.9. The van der Waals surface area contributed by atoms with Crippen LogP contribution in [0.3, 0.4) is 0 Å². The second-order valence-electron chi connectivity index (χ2n) is 6.66. The lowest BCUT2D eigenvalue weighted by atomic mass is 9.85. The van der Waals surface area contributed by atoms with Gasteiger partial charge in [-0.1, -0.05) is 24.6 Å². The number of hydrogen-bond donors (Lipinski definition) is 2. The van der Waals surface area contributed by atoms with Gasteiger partial charge < -0.3 is 15.8 Å². The highest BCUT2D eigenvalue weighted by Gasteiger charge is 2.25. The standard InChI is InChI=1S/C18H27N3O2.2ClH/c19-16-6-3-5-14(12-16)18(22)20-17-7-2-1-4-15(17)13-21-8-10-23-11-9-21;;/h1-2,4,7,14,16H,3,5-6,8-13,19H2,(H,20,22);2*1H. The van der Waals surface area contributed by atoms with Crippen LogP contribution in [-0.2, 0) is 16.1 Å². The van der Waals surface area contributed by atoms with Gasteiger partial charge in [-0.15, -0.1) is 24.8 Å². The molecule has 1 aromatic carbocycles. The minimum atomic E-state index is 0. The van der Waals surface area contributed by atoms with E-state index < -0.39 is 0 Å². The van der Waals surface area contributed by atoms with Gasteiger partial charge in [-0.05, 0) is 30.9 Å². The number of rotatable bonds is 4. The van der Waals surface area contributed by atoms with Crippen LogP contribution >= 0.6 is 24.8 Å². The molecule has 1 heterocycles. The van der Waals surface area contributed by atoms with E-state index >= 15 is 0 Å². The largest absolute Gasteiger partial charge is 0.379 e. The van der Waals surface area contributed by atoms with E-state index in [0.29, 0.717) is 0 Å². The molecular weight excluding hydrogens is 361 g/mol. The number of nitrogens with two attached hydrogens (primary N) is 1. The van der Waals surface area contributed by atoms with Crippen molar-refractivity contribution in [2.24, 2.45) is 11.7 Å². The summed E-state index contributed by atoms with van der Waals surface area (Å²) in [6.45, 7) is 4.31. The van der Waals surface area contributed by atoms with E-state index in [0.717, 1.165) is 64.2 Å². The van der Waals surface area contributed by atoms with Crippen molar-refractivity contribution in [2.75, 3.05) is 31.6 Å². The lowest BCUT2D eigenvalue weighted by Gasteiger charge is -2.28. The number of amides is 1. The molecule has 1 saturated heterocycles. The number of carbonyl (C=O) groups excluding carboxylic acids is 1. The lowest BCUT2D eigenvalue weighted by Crippen LogP contribution is -2.36. The Bertz CT molecular complexity index is 539. The third-order valence-corrected chi connectivity index (χ3v) is 4.86. The molecule has 0 radical (unpaired) electrons. The maximum atomic E-state index is 12.6. The predicted molar refractivity (Wildman–Crippen MR) is 106 cm³/mol. The topological polar surface area (TPSA) is 67.6 Å². The summed E-state index contributed by atoms with van der Waals surface area (Å²) in [7, 11) is 0. The van der Waals surface area contributed by atoms with Gasteiger partial charge >= 0.3 is 0 Å². The Balaban J connectivity index is 0.00000156. The highest BCUT2D eigenvalue weighted by atomic mass is 35.5. The van der Waals surface area contributed by atoms with Gasteiger partial charge in [-0.3, -0.25) is 9.69 Å². The van der Waals surface area contributed by atoms with Gasteiger partial charge in [0.2, 0.25) is 5.91 Å². The molecule has 2 aliphatic rings. The van der Waals surface area contributed by atoms with E-state index in [4.69, 9.17) is 10.5 Å². The van der Waals surface area contributed by atoms with Gasteiger partial charge in [0, 0.05) is 37.3 Å². The first-order valence-corrected chi connectivity index (χ1v) is 8.67. The van der Waals surface area contributed by atoms with Crippen LogP contribution in [0.25, 0.3) is 0 Å². The molecule has 0 spiro atoms. The van der Waals surface area contributed by atoms with E-state index in [1.165, 1.54) is 5.56 Å². The highest BCUT2D eigenvalue weighted by Crippen LogP contribution is 2.26. The fourth-order valence-corrected chi connectivity index (χ4v) is 3.48. The highest BCUT2D eigenvalue weighted by molar-refractivity contribution is 5.93. The van der Waals surface area contributed by atoms with Gasteiger partial charge in [0.25, 0.3) is 0 Å². The first-order chi connectivity index (χ1) is 11.2. The lowest BCUT2D eigenvalue weighted by molar-refractivity contribution is -0.120. The van der Waals surface area contributed by atoms with Crippen molar-refractivity contribution >= 4 is 36.4 Å². The van der Waals surface area contributed by atoms with Crippen LogP contribution in [0.4, 0.5) is 5.69 Å². The number of ether oxygens (including phenoxy) is 1. The molecule has 142 valence electrons. The molecule has 0 aromatic heterocycles. The molecule has 1 saturated carbocycles. The molecule has 1 aliphatic heterocycles. The number of halogens is 2. The Morgan fingerprint density at radius 2 is 1.92 bits per heavy atom. The molecule has 3 rings (SSSR count). The number of nitrogens with one attached hydrogen (secondary N) is 1. The number of para-hydroxylation sites is 1. The first kappa shape index (κ1) is 22.2. The zero-order valence-electron chi connectivity index (χ0n) is 14.5. The summed E-state index contributed by atoms with van der Waals surface area (Å²) in [5.41, 5.74) is 8.11. The molecule has 2 atom stereocenters. The molecule has 1 aliphatic carbocycles. The Kier molecular flexibility index (Phi) is 9.75. The number of nitrogens with zero attached hydrogens (tertiary/aromatic N) is 1. The Morgan fingerprint density at radius 3 is 2.64 bits per heavy atom. The number of anilines is 1. The summed E-state index contributed by atoms with van der Waals surface area (Å²) < 4.78 is 5.40. The van der Waals surface area contributed by atoms with Crippen molar-refractivity contribution in [3.05, 3.63) is 29.8 Å². The molecule has 25 heavy (non-hydrogen) atoms. The second kappa shape index (κ2) is 11.0. The summed E-state index contributed by atoms with van der Waals surface area (Å²) in [5.74, 6) is 0.171. The average Bonchev–Trinajstić information content (AvgIpc) is 2.57. The molecule has 5 nitrogen and oxygen atoms in total. The van der Waals surface area contributed by atoms with Crippen molar-refractivity contribution in [1.82, 2.24) is 4.90 Å². The summed E-state index contributed by atoms with van der Waals surface area (Å²) in [6.07, 6.45) is 3.84. The molecule has 0 bridgehead atoms. The van der Waals surface area contributed by atoms with Crippen molar-refractivity contribution in [3.8, 4) is 0 Å². The van der Waals surface area contributed by atoms with Gasteiger partial charge in [0.05, 0.1) is 13.2 Å². The van der Waals surface area contributed by atoms with Gasteiger partial charge in [0.1, 0.15) is 0 Å². The fourth-order valence-electron chi connectivity index (χ4n) is 3.48. The molecule has 1 amide bonds. The number of morpholine rings is 1.